The smallest absolute Gasteiger partial charge is 0.305 e. The summed E-state index contributed by atoms with van der Waals surface area (Å²) < 4.78 is 31.8. The van der Waals surface area contributed by atoms with Crippen LogP contribution >= 0.6 is 0 Å². The third-order valence-corrected chi connectivity index (χ3v) is 3.12. The number of ether oxygens (including phenoxy) is 6. The lowest BCUT2D eigenvalue weighted by Gasteiger charge is -2.10. The van der Waals surface area contributed by atoms with E-state index >= 15 is 0 Å². The molecule has 156 valence electrons. The van der Waals surface area contributed by atoms with Crippen LogP contribution in [0.1, 0.15) is 19.8 Å². The number of likely N-dealkylation sites (N-methyl/N-ethyl adjacent to an activating group) is 1. The van der Waals surface area contributed by atoms with Gasteiger partial charge in [0.15, 0.2) is 0 Å². The second-order valence-corrected chi connectivity index (χ2v) is 5.84. The molecule has 0 N–H and O–H groups in total. The first kappa shape index (κ1) is 25.2. The fourth-order valence-electron chi connectivity index (χ4n) is 1.72. The Morgan fingerprint density at radius 1 is 0.654 bits per heavy atom. The van der Waals surface area contributed by atoms with Crippen LogP contribution in [0.5, 0.6) is 0 Å². The number of nitrogens with zero attached hydrogens (tertiary/aromatic N) is 1. The molecule has 26 heavy (non-hydrogen) atoms. The second kappa shape index (κ2) is 20.5. The molecule has 0 fully saturated rings. The number of carbonyl (C=O) groups excluding carboxylic acids is 1. The van der Waals surface area contributed by atoms with Crippen LogP contribution in [0, 0.1) is 0 Å². The van der Waals surface area contributed by atoms with Crippen molar-refractivity contribution in [3.8, 4) is 0 Å². The maximum Gasteiger partial charge on any atom is 0.305 e. The molecule has 0 aliphatic rings. The van der Waals surface area contributed by atoms with Gasteiger partial charge in [-0.05, 0) is 20.5 Å². The molecule has 0 radical (unpaired) electrons. The zero-order valence-corrected chi connectivity index (χ0v) is 16.7. The molecule has 8 nitrogen and oxygen atoms in total. The predicted octanol–water partition coefficient (Wildman–Crippen LogP) is 0.974. The number of hydrogen-bond acceptors (Lipinski definition) is 8. The molecule has 0 aliphatic heterocycles. The quantitative estimate of drug-likeness (QED) is 0.229. The molecule has 0 aromatic rings. The molecular formula is C18H37NO7. The van der Waals surface area contributed by atoms with E-state index in [-0.39, 0.29) is 5.97 Å². The summed E-state index contributed by atoms with van der Waals surface area (Å²) in [6.45, 7) is 8.56. The molecule has 0 heterocycles. The summed E-state index contributed by atoms with van der Waals surface area (Å²) in [5.74, 6) is -0.176. The monoisotopic (exact) mass is 379 g/mol. The van der Waals surface area contributed by atoms with Crippen molar-refractivity contribution < 1.29 is 33.2 Å². The van der Waals surface area contributed by atoms with Crippen molar-refractivity contribution in [1.29, 1.82) is 0 Å². The Balaban J connectivity index is 3.04. The molecule has 0 rings (SSSR count). The fraction of sp³-hybridized carbons (Fsp3) is 0.944. The molecule has 0 saturated carbocycles. The van der Waals surface area contributed by atoms with Crippen LogP contribution in [0.2, 0.25) is 0 Å². The van der Waals surface area contributed by atoms with Crippen LogP contribution in [0.25, 0.3) is 0 Å². The van der Waals surface area contributed by atoms with Gasteiger partial charge < -0.3 is 33.3 Å². The Kier molecular flexibility index (Phi) is 19.9. The van der Waals surface area contributed by atoms with Gasteiger partial charge in [0.1, 0.15) is 6.61 Å². The predicted molar refractivity (Wildman–Crippen MR) is 98.5 cm³/mol. The lowest BCUT2D eigenvalue weighted by molar-refractivity contribution is -0.145. The van der Waals surface area contributed by atoms with Crippen molar-refractivity contribution in [1.82, 2.24) is 4.90 Å². The third-order valence-electron chi connectivity index (χ3n) is 3.12. The Hall–Kier alpha value is -0.770. The Morgan fingerprint density at radius 3 is 1.42 bits per heavy atom. The highest BCUT2D eigenvalue weighted by Crippen LogP contribution is 1.91. The summed E-state index contributed by atoms with van der Waals surface area (Å²) in [5, 5.41) is 0. The summed E-state index contributed by atoms with van der Waals surface area (Å²) >= 11 is 0. The lowest BCUT2D eigenvalue weighted by atomic mass is 10.3. The van der Waals surface area contributed by atoms with E-state index in [1.165, 1.54) is 0 Å². The van der Waals surface area contributed by atoms with Crippen molar-refractivity contribution in [2.75, 3.05) is 93.3 Å². The summed E-state index contributed by atoms with van der Waals surface area (Å²) in [6.07, 6.45) is 1.26. The minimum absolute atomic E-state index is 0.176. The molecule has 0 bridgehead atoms. The topological polar surface area (TPSA) is 75.7 Å². The van der Waals surface area contributed by atoms with Crippen LogP contribution in [-0.2, 0) is 33.2 Å². The largest absolute Gasteiger partial charge is 0.463 e. The molecule has 0 aliphatic carbocycles. The highest BCUT2D eigenvalue weighted by Gasteiger charge is 1.99. The van der Waals surface area contributed by atoms with Gasteiger partial charge in [-0.1, -0.05) is 6.92 Å². The zero-order chi connectivity index (χ0) is 19.3. The van der Waals surface area contributed by atoms with Crippen LogP contribution in [0.4, 0.5) is 0 Å². The second-order valence-electron chi connectivity index (χ2n) is 5.84. The number of carbonyl (C=O) groups is 1. The zero-order valence-electron chi connectivity index (χ0n) is 16.7. The minimum atomic E-state index is -0.176. The number of hydrogen-bond donors (Lipinski definition) is 0. The molecule has 8 heteroatoms. The van der Waals surface area contributed by atoms with E-state index in [0.717, 1.165) is 19.6 Å². The van der Waals surface area contributed by atoms with Crippen molar-refractivity contribution in [3.05, 3.63) is 0 Å². The molecule has 0 atom stereocenters. The van der Waals surface area contributed by atoms with Gasteiger partial charge >= 0.3 is 5.97 Å². The van der Waals surface area contributed by atoms with Gasteiger partial charge in [0.2, 0.25) is 0 Å². The van der Waals surface area contributed by atoms with Crippen LogP contribution in [0.3, 0.4) is 0 Å². The summed E-state index contributed by atoms with van der Waals surface area (Å²) in [4.78, 5) is 13.2. The summed E-state index contributed by atoms with van der Waals surface area (Å²) in [5.41, 5.74) is 0. The summed E-state index contributed by atoms with van der Waals surface area (Å²) in [7, 11) is 4.03. The van der Waals surface area contributed by atoms with Gasteiger partial charge in [-0.25, -0.2) is 0 Å². The molecule has 0 saturated heterocycles. The maximum atomic E-state index is 11.1. The standard InChI is InChI=1S/C18H37NO7/c1-4-5-18(20)26-17-16-25-15-14-24-13-12-23-11-10-22-9-8-21-7-6-19(2)3/h4-17H2,1-3H3. The molecule has 0 spiro atoms. The van der Waals surface area contributed by atoms with E-state index in [1.807, 2.05) is 21.0 Å². The first-order valence-electron chi connectivity index (χ1n) is 9.35. The van der Waals surface area contributed by atoms with E-state index in [2.05, 4.69) is 4.90 Å². The normalized spacial score (nSPS) is 11.2. The van der Waals surface area contributed by atoms with Crippen molar-refractivity contribution in [2.45, 2.75) is 19.8 Å². The highest BCUT2D eigenvalue weighted by atomic mass is 16.6. The first-order valence-corrected chi connectivity index (χ1v) is 9.35. The third kappa shape index (κ3) is 21.3. The highest BCUT2D eigenvalue weighted by molar-refractivity contribution is 5.69. The van der Waals surface area contributed by atoms with Gasteiger partial charge in [-0.3, -0.25) is 4.79 Å². The molecular weight excluding hydrogens is 342 g/mol. The van der Waals surface area contributed by atoms with Crippen LogP contribution < -0.4 is 0 Å². The molecule has 0 amide bonds. The molecule has 0 unspecified atom stereocenters. The Labute approximate surface area is 158 Å². The van der Waals surface area contributed by atoms with Gasteiger partial charge in [0.05, 0.1) is 66.1 Å². The van der Waals surface area contributed by atoms with Crippen LogP contribution in [0.15, 0.2) is 0 Å². The van der Waals surface area contributed by atoms with E-state index in [0.29, 0.717) is 72.5 Å². The van der Waals surface area contributed by atoms with Gasteiger partial charge in [0.25, 0.3) is 0 Å². The lowest BCUT2D eigenvalue weighted by Crippen LogP contribution is -2.19. The fourth-order valence-corrected chi connectivity index (χ4v) is 1.72. The van der Waals surface area contributed by atoms with Crippen molar-refractivity contribution in [3.63, 3.8) is 0 Å². The van der Waals surface area contributed by atoms with Crippen molar-refractivity contribution in [2.24, 2.45) is 0 Å². The SMILES string of the molecule is CCCC(=O)OCCOCCOCCOCCOCCOCCN(C)C. The maximum absolute atomic E-state index is 11.1. The Bertz CT molecular complexity index is 303. The van der Waals surface area contributed by atoms with Crippen molar-refractivity contribution >= 4 is 5.97 Å². The summed E-state index contributed by atoms with van der Waals surface area (Å²) in [6, 6.07) is 0. The van der Waals surface area contributed by atoms with Gasteiger partial charge in [0, 0.05) is 13.0 Å². The molecule has 0 aromatic heterocycles. The average Bonchev–Trinajstić information content (AvgIpc) is 2.60. The minimum Gasteiger partial charge on any atom is -0.463 e. The Morgan fingerprint density at radius 2 is 1.04 bits per heavy atom. The number of rotatable bonds is 20. The van der Waals surface area contributed by atoms with Gasteiger partial charge in [-0.2, -0.15) is 0 Å². The van der Waals surface area contributed by atoms with E-state index in [4.69, 9.17) is 28.4 Å². The van der Waals surface area contributed by atoms with E-state index in [1.54, 1.807) is 0 Å². The van der Waals surface area contributed by atoms with Crippen LogP contribution in [-0.4, -0.2) is 104 Å². The molecule has 0 aromatic carbocycles. The number of esters is 1. The van der Waals surface area contributed by atoms with E-state index < -0.39 is 0 Å². The van der Waals surface area contributed by atoms with Gasteiger partial charge in [-0.15, -0.1) is 0 Å². The first-order chi connectivity index (χ1) is 12.7. The van der Waals surface area contributed by atoms with E-state index in [9.17, 15) is 4.79 Å². The average molecular weight is 379 g/mol.